The van der Waals surface area contributed by atoms with Gasteiger partial charge in [-0.1, -0.05) is 35.9 Å². The highest BCUT2D eigenvalue weighted by Crippen LogP contribution is 2.37. The van der Waals surface area contributed by atoms with Crippen LogP contribution in [0.4, 0.5) is 16.2 Å². The number of methoxy groups -OCH3 is 1. The molecule has 0 aliphatic carbocycles. The van der Waals surface area contributed by atoms with Crippen LogP contribution in [0.25, 0.3) is 6.08 Å². The molecule has 0 radical (unpaired) electrons. The number of carbonyl (C=O) groups is 4. The molecular formula is C27H22BrN3O6. The number of barbiturate groups is 1. The fraction of sp³-hybridized carbons (Fsp3) is 0.111. The Balaban J connectivity index is 1.54. The summed E-state index contributed by atoms with van der Waals surface area (Å²) in [5, 5.41) is 4.93. The number of benzene rings is 3. The van der Waals surface area contributed by atoms with E-state index in [0.717, 1.165) is 10.5 Å². The first-order valence-electron chi connectivity index (χ1n) is 11.1. The number of anilines is 2. The van der Waals surface area contributed by atoms with E-state index in [-0.39, 0.29) is 29.6 Å². The minimum atomic E-state index is -0.829. The summed E-state index contributed by atoms with van der Waals surface area (Å²) in [5.74, 6) is -1.40. The van der Waals surface area contributed by atoms with E-state index in [2.05, 4.69) is 26.6 Å². The number of para-hydroxylation sites is 1. The van der Waals surface area contributed by atoms with E-state index in [9.17, 15) is 19.2 Å². The molecular weight excluding hydrogens is 542 g/mol. The molecule has 9 nitrogen and oxygen atoms in total. The molecule has 2 N–H and O–H groups in total. The van der Waals surface area contributed by atoms with Crippen LogP contribution in [-0.2, 0) is 14.4 Å². The number of halogens is 1. The van der Waals surface area contributed by atoms with Crippen LogP contribution in [0.2, 0.25) is 0 Å². The van der Waals surface area contributed by atoms with Crippen molar-refractivity contribution >= 4 is 57.1 Å². The lowest BCUT2D eigenvalue weighted by Gasteiger charge is -2.26. The maximum absolute atomic E-state index is 13.1. The van der Waals surface area contributed by atoms with Crippen LogP contribution >= 0.6 is 15.9 Å². The Morgan fingerprint density at radius 1 is 1.05 bits per heavy atom. The Hall–Kier alpha value is -4.44. The summed E-state index contributed by atoms with van der Waals surface area (Å²) in [6.45, 7) is 1.67. The number of hydrogen-bond acceptors (Lipinski definition) is 6. The summed E-state index contributed by atoms with van der Waals surface area (Å²) < 4.78 is 11.5. The van der Waals surface area contributed by atoms with E-state index in [0.29, 0.717) is 21.4 Å². The molecule has 3 aromatic carbocycles. The Morgan fingerprint density at radius 3 is 2.43 bits per heavy atom. The van der Waals surface area contributed by atoms with E-state index in [1.807, 2.05) is 19.1 Å². The number of ether oxygens (including phenoxy) is 2. The second-order valence-electron chi connectivity index (χ2n) is 8.03. The fourth-order valence-electron chi connectivity index (χ4n) is 3.57. The van der Waals surface area contributed by atoms with E-state index < -0.39 is 17.8 Å². The van der Waals surface area contributed by atoms with Crippen LogP contribution in [0.5, 0.6) is 11.5 Å². The van der Waals surface area contributed by atoms with Gasteiger partial charge in [0, 0.05) is 5.69 Å². The van der Waals surface area contributed by atoms with Gasteiger partial charge in [0.2, 0.25) is 0 Å². The zero-order valence-corrected chi connectivity index (χ0v) is 21.5. The topological polar surface area (TPSA) is 114 Å². The molecule has 1 aliphatic heterocycles. The van der Waals surface area contributed by atoms with Crippen molar-refractivity contribution in [2.45, 2.75) is 6.92 Å². The number of urea groups is 1. The molecule has 1 saturated heterocycles. The lowest BCUT2D eigenvalue weighted by molar-refractivity contribution is -0.122. The zero-order valence-electron chi connectivity index (χ0n) is 19.9. The highest BCUT2D eigenvalue weighted by atomic mass is 79.9. The van der Waals surface area contributed by atoms with Crippen molar-refractivity contribution in [2.75, 3.05) is 23.9 Å². The average molecular weight is 564 g/mol. The third-order valence-corrected chi connectivity index (χ3v) is 5.95. The molecule has 0 saturated carbocycles. The normalized spacial score (nSPS) is 14.4. The minimum absolute atomic E-state index is 0.233. The Labute approximate surface area is 221 Å². The molecule has 37 heavy (non-hydrogen) atoms. The van der Waals surface area contributed by atoms with Gasteiger partial charge in [0.1, 0.15) is 5.57 Å². The Morgan fingerprint density at radius 2 is 1.76 bits per heavy atom. The summed E-state index contributed by atoms with van der Waals surface area (Å²) in [6, 6.07) is 18.0. The third kappa shape index (κ3) is 5.87. The van der Waals surface area contributed by atoms with Gasteiger partial charge in [0.15, 0.2) is 18.1 Å². The van der Waals surface area contributed by atoms with Gasteiger partial charge in [0.25, 0.3) is 17.7 Å². The molecule has 10 heteroatoms. The predicted molar refractivity (Wildman–Crippen MR) is 141 cm³/mol. The van der Waals surface area contributed by atoms with Gasteiger partial charge in [-0.2, -0.15) is 0 Å². The lowest BCUT2D eigenvalue weighted by Crippen LogP contribution is -2.54. The molecule has 1 fully saturated rings. The molecule has 0 bridgehead atoms. The Kier molecular flexibility index (Phi) is 7.69. The van der Waals surface area contributed by atoms with Gasteiger partial charge in [-0.05, 0) is 70.9 Å². The van der Waals surface area contributed by atoms with Crippen LogP contribution in [0.15, 0.2) is 76.8 Å². The minimum Gasteiger partial charge on any atom is -0.493 e. The number of hydrogen-bond donors (Lipinski definition) is 2. The van der Waals surface area contributed by atoms with Gasteiger partial charge in [-0.25, -0.2) is 9.69 Å². The zero-order chi connectivity index (χ0) is 26.5. The summed E-state index contributed by atoms with van der Waals surface area (Å²) in [5.41, 5.74) is 2.25. The number of aryl methyl sites for hydroxylation is 1. The van der Waals surface area contributed by atoms with Crippen molar-refractivity contribution in [1.82, 2.24) is 5.32 Å². The monoisotopic (exact) mass is 563 g/mol. The van der Waals surface area contributed by atoms with Crippen LogP contribution in [0.1, 0.15) is 11.1 Å². The largest absolute Gasteiger partial charge is 0.493 e. The van der Waals surface area contributed by atoms with Crippen LogP contribution in [0.3, 0.4) is 0 Å². The number of nitrogens with zero attached hydrogens (tertiary/aromatic N) is 1. The molecule has 3 aromatic rings. The number of amides is 5. The summed E-state index contributed by atoms with van der Waals surface area (Å²) in [6.07, 6.45) is 1.35. The number of imide groups is 2. The van der Waals surface area contributed by atoms with Crippen LogP contribution in [-0.4, -0.2) is 37.5 Å². The van der Waals surface area contributed by atoms with E-state index in [1.165, 1.54) is 13.2 Å². The van der Waals surface area contributed by atoms with Crippen LogP contribution in [0, 0.1) is 6.92 Å². The molecule has 0 aromatic heterocycles. The van der Waals surface area contributed by atoms with Gasteiger partial charge in [-0.15, -0.1) is 0 Å². The van der Waals surface area contributed by atoms with E-state index >= 15 is 0 Å². The summed E-state index contributed by atoms with van der Waals surface area (Å²) in [7, 11) is 1.42. The highest BCUT2D eigenvalue weighted by molar-refractivity contribution is 9.10. The molecule has 188 valence electrons. The SMILES string of the molecule is COc1cc(/C=C2\C(=O)NC(=O)N(c3ccccc3)C2=O)cc(Br)c1OCC(=O)Nc1ccc(C)cc1. The Bertz CT molecular complexity index is 1400. The standard InChI is InChI=1S/C27H22BrN3O6/c1-16-8-10-18(11-9-16)29-23(32)15-37-24-21(28)13-17(14-22(24)36-2)12-20-25(33)30-27(35)31(26(20)34)19-6-4-3-5-7-19/h3-14H,15H2,1-2H3,(H,29,32)(H,30,33,35)/b20-12+. The van der Waals surface area contributed by atoms with Crippen molar-refractivity contribution in [3.63, 3.8) is 0 Å². The molecule has 1 aliphatic rings. The molecule has 4 rings (SSSR count). The second kappa shape index (κ2) is 11.1. The van der Waals surface area contributed by atoms with E-state index in [4.69, 9.17) is 9.47 Å². The highest BCUT2D eigenvalue weighted by Gasteiger charge is 2.36. The third-order valence-electron chi connectivity index (χ3n) is 5.36. The number of rotatable bonds is 7. The van der Waals surface area contributed by atoms with Gasteiger partial charge < -0.3 is 14.8 Å². The van der Waals surface area contributed by atoms with Crippen molar-refractivity contribution in [2.24, 2.45) is 0 Å². The average Bonchev–Trinajstić information content (AvgIpc) is 2.87. The van der Waals surface area contributed by atoms with Crippen molar-refractivity contribution in [3.8, 4) is 11.5 Å². The van der Waals surface area contributed by atoms with Crippen molar-refractivity contribution < 1.29 is 28.7 Å². The second-order valence-corrected chi connectivity index (χ2v) is 8.88. The van der Waals surface area contributed by atoms with Gasteiger partial charge >= 0.3 is 6.03 Å². The van der Waals surface area contributed by atoms with Crippen LogP contribution < -0.4 is 25.0 Å². The van der Waals surface area contributed by atoms with Crippen molar-refractivity contribution in [1.29, 1.82) is 0 Å². The van der Waals surface area contributed by atoms with Gasteiger partial charge in [-0.3, -0.25) is 19.7 Å². The number of nitrogens with one attached hydrogen (secondary N) is 2. The smallest absolute Gasteiger partial charge is 0.335 e. The lowest BCUT2D eigenvalue weighted by atomic mass is 10.1. The van der Waals surface area contributed by atoms with E-state index in [1.54, 1.807) is 54.6 Å². The van der Waals surface area contributed by atoms with Gasteiger partial charge in [0.05, 0.1) is 17.3 Å². The first-order valence-corrected chi connectivity index (χ1v) is 11.9. The van der Waals surface area contributed by atoms with Crippen molar-refractivity contribution in [3.05, 3.63) is 87.9 Å². The molecule has 0 atom stereocenters. The molecule has 5 amide bonds. The molecule has 1 heterocycles. The quantitative estimate of drug-likeness (QED) is 0.324. The molecule has 0 unspecified atom stereocenters. The fourth-order valence-corrected chi connectivity index (χ4v) is 4.14. The maximum Gasteiger partial charge on any atom is 0.335 e. The first-order chi connectivity index (χ1) is 17.8. The first kappa shape index (κ1) is 25.6. The summed E-state index contributed by atoms with van der Waals surface area (Å²) in [4.78, 5) is 51.1. The summed E-state index contributed by atoms with van der Waals surface area (Å²) >= 11 is 3.40. The maximum atomic E-state index is 13.1. The molecule has 0 spiro atoms. The number of carbonyl (C=O) groups excluding carboxylic acids is 4. The predicted octanol–water partition coefficient (Wildman–Crippen LogP) is 4.45.